The predicted octanol–water partition coefficient (Wildman–Crippen LogP) is 5.44. The monoisotopic (exact) mass is 465 g/mol. The van der Waals surface area contributed by atoms with Gasteiger partial charge in [-0.05, 0) is 47.4 Å². The van der Waals surface area contributed by atoms with Crippen LogP contribution >= 0.6 is 11.6 Å². The highest BCUT2D eigenvalue weighted by molar-refractivity contribution is 6.30. The number of aliphatic carboxylic acids is 1. The van der Waals surface area contributed by atoms with Crippen LogP contribution in [0.25, 0.3) is 11.1 Å². The van der Waals surface area contributed by atoms with Crippen LogP contribution in [0.3, 0.4) is 0 Å². The lowest BCUT2D eigenvalue weighted by molar-refractivity contribution is -0.138. The van der Waals surface area contributed by atoms with Gasteiger partial charge in [0.2, 0.25) is 0 Å². The molecule has 4 rings (SSSR count). The van der Waals surface area contributed by atoms with Crippen LogP contribution in [0, 0.1) is 0 Å². The highest BCUT2D eigenvalue weighted by atomic mass is 35.5. The molecule has 1 atom stereocenters. The van der Waals surface area contributed by atoms with Gasteiger partial charge in [-0.2, -0.15) is 0 Å². The third-order valence-electron chi connectivity index (χ3n) is 5.70. The summed E-state index contributed by atoms with van der Waals surface area (Å²) in [6.07, 6.45) is -0.693. The van der Waals surface area contributed by atoms with Crippen molar-refractivity contribution in [1.82, 2.24) is 4.90 Å². The van der Waals surface area contributed by atoms with Crippen LogP contribution in [0.1, 0.15) is 24.0 Å². The number of hydrogen-bond acceptors (Lipinski definition) is 4. The second kappa shape index (κ2) is 9.96. The first-order chi connectivity index (χ1) is 15.9. The van der Waals surface area contributed by atoms with Gasteiger partial charge in [-0.25, -0.2) is 4.79 Å². The first-order valence-corrected chi connectivity index (χ1v) is 11.0. The minimum atomic E-state index is -1.13. The van der Waals surface area contributed by atoms with E-state index in [1.807, 2.05) is 36.4 Å². The number of carboxylic acids is 1. The maximum Gasteiger partial charge on any atom is 0.410 e. The van der Waals surface area contributed by atoms with Gasteiger partial charge in [-0.3, -0.25) is 9.69 Å². The Morgan fingerprint density at radius 2 is 1.64 bits per heavy atom. The molecule has 0 fully saturated rings. The van der Waals surface area contributed by atoms with Crippen LogP contribution in [-0.4, -0.2) is 47.9 Å². The molecule has 0 bridgehead atoms. The average Bonchev–Trinajstić information content (AvgIpc) is 3.13. The Balaban J connectivity index is 1.45. The molecule has 170 valence electrons. The lowest BCUT2D eigenvalue weighted by Crippen LogP contribution is -2.45. The van der Waals surface area contributed by atoms with E-state index in [9.17, 15) is 14.7 Å². The zero-order chi connectivity index (χ0) is 23.4. The molecule has 0 heterocycles. The molecule has 0 saturated carbocycles. The second-order valence-corrected chi connectivity index (χ2v) is 8.38. The van der Waals surface area contributed by atoms with E-state index < -0.39 is 24.6 Å². The van der Waals surface area contributed by atoms with Crippen molar-refractivity contribution in [3.63, 3.8) is 0 Å². The summed E-state index contributed by atoms with van der Waals surface area (Å²) in [6.45, 7) is 1.44. The number of nitrogens with zero attached hydrogens (tertiary/aromatic N) is 1. The molecular formula is C26H24ClNO5. The SMILES string of the molecule is C[C@@H](COc1cccc(Cl)c1)N(CC(=O)O)C(=O)OCC1c2ccccc2-c2ccccc21. The van der Waals surface area contributed by atoms with E-state index in [0.717, 1.165) is 22.3 Å². The largest absolute Gasteiger partial charge is 0.491 e. The summed E-state index contributed by atoms with van der Waals surface area (Å²) < 4.78 is 11.3. The van der Waals surface area contributed by atoms with E-state index in [0.29, 0.717) is 10.8 Å². The summed E-state index contributed by atoms with van der Waals surface area (Å²) in [7, 11) is 0. The van der Waals surface area contributed by atoms with E-state index in [1.165, 1.54) is 4.90 Å². The van der Waals surface area contributed by atoms with Crippen molar-refractivity contribution in [3.8, 4) is 16.9 Å². The van der Waals surface area contributed by atoms with Crippen molar-refractivity contribution in [2.45, 2.75) is 18.9 Å². The van der Waals surface area contributed by atoms with Gasteiger partial charge in [0.25, 0.3) is 0 Å². The molecule has 1 aliphatic carbocycles. The Hall–Kier alpha value is -3.51. The number of carbonyl (C=O) groups excluding carboxylic acids is 1. The fourth-order valence-corrected chi connectivity index (χ4v) is 4.27. The van der Waals surface area contributed by atoms with E-state index in [1.54, 1.807) is 31.2 Å². The topological polar surface area (TPSA) is 76.1 Å². The molecule has 33 heavy (non-hydrogen) atoms. The lowest BCUT2D eigenvalue weighted by Gasteiger charge is -2.27. The van der Waals surface area contributed by atoms with Gasteiger partial charge in [0, 0.05) is 10.9 Å². The highest BCUT2D eigenvalue weighted by Crippen LogP contribution is 2.44. The van der Waals surface area contributed by atoms with Crippen molar-refractivity contribution in [3.05, 3.63) is 88.9 Å². The molecule has 0 saturated heterocycles. The molecule has 6 nitrogen and oxygen atoms in total. The van der Waals surface area contributed by atoms with Crippen LogP contribution in [0.4, 0.5) is 4.79 Å². The predicted molar refractivity (Wildman–Crippen MR) is 126 cm³/mol. The molecule has 0 radical (unpaired) electrons. The number of carboxylic acid groups (broad SMARTS) is 1. The Morgan fingerprint density at radius 3 is 2.24 bits per heavy atom. The molecule has 7 heteroatoms. The van der Waals surface area contributed by atoms with Crippen LogP contribution < -0.4 is 4.74 Å². The van der Waals surface area contributed by atoms with Crippen LogP contribution in [-0.2, 0) is 9.53 Å². The summed E-state index contributed by atoms with van der Waals surface area (Å²) >= 11 is 5.98. The molecule has 0 aromatic heterocycles. The third-order valence-corrected chi connectivity index (χ3v) is 5.93. The molecular weight excluding hydrogens is 442 g/mol. The normalized spacial score (nSPS) is 13.0. The van der Waals surface area contributed by atoms with E-state index >= 15 is 0 Å². The zero-order valence-corrected chi connectivity index (χ0v) is 18.9. The molecule has 1 aliphatic rings. The van der Waals surface area contributed by atoms with Gasteiger partial charge < -0.3 is 14.6 Å². The lowest BCUT2D eigenvalue weighted by atomic mass is 9.98. The van der Waals surface area contributed by atoms with Gasteiger partial charge in [-0.1, -0.05) is 66.2 Å². The van der Waals surface area contributed by atoms with Gasteiger partial charge >= 0.3 is 12.1 Å². The number of halogens is 1. The number of fused-ring (bicyclic) bond motifs is 3. The smallest absolute Gasteiger partial charge is 0.410 e. The number of amides is 1. The molecule has 0 aliphatic heterocycles. The third kappa shape index (κ3) is 5.12. The number of rotatable bonds is 8. The van der Waals surface area contributed by atoms with E-state index in [2.05, 4.69) is 12.1 Å². The minimum Gasteiger partial charge on any atom is -0.491 e. The molecule has 0 spiro atoms. The van der Waals surface area contributed by atoms with E-state index in [-0.39, 0.29) is 19.1 Å². The molecule has 1 N–H and O–H groups in total. The summed E-state index contributed by atoms with van der Waals surface area (Å²) in [5, 5.41) is 9.86. The molecule has 1 amide bonds. The van der Waals surface area contributed by atoms with Crippen molar-refractivity contribution in [1.29, 1.82) is 0 Å². The minimum absolute atomic E-state index is 0.0951. The fourth-order valence-electron chi connectivity index (χ4n) is 4.09. The van der Waals surface area contributed by atoms with Crippen molar-refractivity contribution >= 4 is 23.7 Å². The van der Waals surface area contributed by atoms with Crippen LogP contribution in [0.5, 0.6) is 5.75 Å². The average molecular weight is 466 g/mol. The van der Waals surface area contributed by atoms with Gasteiger partial charge in [0.1, 0.15) is 25.5 Å². The first-order valence-electron chi connectivity index (χ1n) is 10.7. The summed E-state index contributed by atoms with van der Waals surface area (Å²) in [5.74, 6) is -0.693. The Morgan fingerprint density at radius 1 is 1.00 bits per heavy atom. The van der Waals surface area contributed by atoms with Gasteiger partial charge in [0.15, 0.2) is 0 Å². The van der Waals surface area contributed by atoms with Crippen molar-refractivity contribution in [2.75, 3.05) is 19.8 Å². The number of hydrogen-bond donors (Lipinski definition) is 1. The van der Waals surface area contributed by atoms with E-state index in [4.69, 9.17) is 21.1 Å². The number of ether oxygens (including phenoxy) is 2. The number of carbonyl (C=O) groups is 2. The Bertz CT molecular complexity index is 1120. The van der Waals surface area contributed by atoms with Gasteiger partial charge in [-0.15, -0.1) is 0 Å². The summed E-state index contributed by atoms with van der Waals surface area (Å²) in [4.78, 5) is 25.5. The summed E-state index contributed by atoms with van der Waals surface area (Å²) in [5.41, 5.74) is 4.43. The summed E-state index contributed by atoms with van der Waals surface area (Å²) in [6, 6.07) is 22.4. The standard InChI is InChI=1S/C26H24ClNO5/c1-17(15-32-19-8-6-7-18(27)13-19)28(14-25(29)30)26(31)33-16-24-22-11-4-2-9-20(22)21-10-3-5-12-23(21)24/h2-13,17,24H,14-16H2,1H3,(H,29,30)/t17-/m0/s1. The molecule has 3 aromatic carbocycles. The molecule has 0 unspecified atom stereocenters. The fraction of sp³-hybridized carbons (Fsp3) is 0.231. The quantitative estimate of drug-likeness (QED) is 0.479. The van der Waals surface area contributed by atoms with Crippen molar-refractivity contribution < 1.29 is 24.2 Å². The van der Waals surface area contributed by atoms with Gasteiger partial charge in [0.05, 0.1) is 6.04 Å². The van der Waals surface area contributed by atoms with Crippen LogP contribution in [0.2, 0.25) is 5.02 Å². The maximum absolute atomic E-state index is 12.9. The number of benzene rings is 3. The zero-order valence-electron chi connectivity index (χ0n) is 18.1. The van der Waals surface area contributed by atoms with Crippen molar-refractivity contribution in [2.24, 2.45) is 0 Å². The Kier molecular flexibility index (Phi) is 6.84. The molecule has 3 aromatic rings. The maximum atomic E-state index is 12.9. The Labute approximate surface area is 197 Å². The second-order valence-electron chi connectivity index (χ2n) is 7.94. The van der Waals surface area contributed by atoms with Crippen LogP contribution in [0.15, 0.2) is 72.8 Å². The first kappa shape index (κ1) is 22.7. The highest BCUT2D eigenvalue weighted by Gasteiger charge is 2.31.